The quantitative estimate of drug-likeness (QED) is 0.200. The number of likely N-dealkylation sites (tertiary alicyclic amines) is 1. The van der Waals surface area contributed by atoms with Crippen molar-refractivity contribution >= 4 is 6.08 Å². The van der Waals surface area contributed by atoms with E-state index in [-0.39, 0.29) is 0 Å². The molecule has 1 aromatic heterocycles. The minimum atomic E-state index is -0.522. The third-order valence-electron chi connectivity index (χ3n) is 7.98. The number of imidazole rings is 1. The minimum Gasteiger partial charge on any atom is -0.318 e. The van der Waals surface area contributed by atoms with Gasteiger partial charge in [-0.2, -0.15) is 0 Å². The Morgan fingerprint density at radius 2 is 1.15 bits per heavy atom. The molecule has 6 rings (SSSR count). The highest BCUT2D eigenvalue weighted by molar-refractivity contribution is 5.52. The summed E-state index contributed by atoms with van der Waals surface area (Å²) in [7, 11) is 0. The maximum absolute atomic E-state index is 4.88. The summed E-state index contributed by atoms with van der Waals surface area (Å²) >= 11 is 0. The van der Waals surface area contributed by atoms with Crippen molar-refractivity contribution in [1.82, 2.24) is 14.5 Å². The van der Waals surface area contributed by atoms with Crippen LogP contribution in [0.15, 0.2) is 140 Å². The van der Waals surface area contributed by atoms with Crippen molar-refractivity contribution in [3.05, 3.63) is 168 Å². The van der Waals surface area contributed by atoms with E-state index in [9.17, 15) is 0 Å². The first-order valence-electron chi connectivity index (χ1n) is 14.0. The Labute approximate surface area is 232 Å². The number of allylic oxidation sites excluding steroid dienone is 1. The van der Waals surface area contributed by atoms with Crippen molar-refractivity contribution < 1.29 is 0 Å². The van der Waals surface area contributed by atoms with E-state index in [0.717, 1.165) is 25.3 Å². The molecule has 1 aliphatic rings. The van der Waals surface area contributed by atoms with Gasteiger partial charge in [-0.15, -0.1) is 0 Å². The first-order valence-corrected chi connectivity index (χ1v) is 14.0. The van der Waals surface area contributed by atoms with Crippen LogP contribution in [0.5, 0.6) is 0 Å². The smallest absolute Gasteiger partial charge is 0.121 e. The Morgan fingerprint density at radius 1 is 0.667 bits per heavy atom. The summed E-state index contributed by atoms with van der Waals surface area (Å²) in [6, 6.07) is 43.1. The zero-order valence-electron chi connectivity index (χ0n) is 22.3. The van der Waals surface area contributed by atoms with Crippen molar-refractivity contribution in [2.24, 2.45) is 5.92 Å². The highest BCUT2D eigenvalue weighted by atomic mass is 15.1. The van der Waals surface area contributed by atoms with Gasteiger partial charge in [0, 0.05) is 12.7 Å². The summed E-state index contributed by atoms with van der Waals surface area (Å²) in [6.45, 7) is 3.32. The number of benzene rings is 4. The minimum absolute atomic E-state index is 0.522. The van der Waals surface area contributed by atoms with Crippen molar-refractivity contribution in [3.8, 4) is 0 Å². The van der Waals surface area contributed by atoms with Gasteiger partial charge in [-0.25, -0.2) is 4.98 Å². The van der Waals surface area contributed by atoms with E-state index < -0.39 is 5.54 Å². The van der Waals surface area contributed by atoms with E-state index in [1.165, 1.54) is 35.1 Å². The standard InChI is InChI=1S/C36H35N3/c1-5-13-31(14-6-1)27-38-25-23-30(24-26-38)21-22-35-28-39(29-37-35)36(32-15-7-2-8-16-32,33-17-9-3-10-18-33)34-19-11-4-12-20-34/h1-22,28-30H,23-27H2/b22-21+. The maximum Gasteiger partial charge on any atom is 0.121 e. The molecule has 1 fully saturated rings. The Kier molecular flexibility index (Phi) is 7.51. The van der Waals surface area contributed by atoms with Gasteiger partial charge in [0.2, 0.25) is 0 Å². The topological polar surface area (TPSA) is 21.1 Å². The average Bonchev–Trinajstić information content (AvgIpc) is 3.49. The van der Waals surface area contributed by atoms with Gasteiger partial charge in [0.25, 0.3) is 0 Å². The zero-order valence-corrected chi connectivity index (χ0v) is 22.3. The van der Waals surface area contributed by atoms with Gasteiger partial charge in [0.05, 0.1) is 12.0 Å². The molecular formula is C36H35N3. The highest BCUT2D eigenvalue weighted by Crippen LogP contribution is 2.40. The fourth-order valence-electron chi connectivity index (χ4n) is 5.97. The molecule has 0 aliphatic carbocycles. The second-order valence-electron chi connectivity index (χ2n) is 10.5. The van der Waals surface area contributed by atoms with Crippen LogP contribution in [-0.4, -0.2) is 27.5 Å². The first kappa shape index (κ1) is 25.1. The van der Waals surface area contributed by atoms with Gasteiger partial charge in [-0.1, -0.05) is 127 Å². The largest absolute Gasteiger partial charge is 0.318 e. The van der Waals surface area contributed by atoms with Crippen LogP contribution in [0.4, 0.5) is 0 Å². The predicted molar refractivity (Wildman–Crippen MR) is 160 cm³/mol. The molecule has 1 aliphatic heterocycles. The average molecular weight is 510 g/mol. The van der Waals surface area contributed by atoms with Gasteiger partial charge in [-0.05, 0) is 60.2 Å². The molecule has 0 saturated carbocycles. The van der Waals surface area contributed by atoms with Crippen LogP contribution in [0.2, 0.25) is 0 Å². The summed E-state index contributed by atoms with van der Waals surface area (Å²) in [4.78, 5) is 7.45. The lowest BCUT2D eigenvalue weighted by Crippen LogP contribution is -2.36. The van der Waals surface area contributed by atoms with Gasteiger partial charge in [0.1, 0.15) is 5.54 Å². The van der Waals surface area contributed by atoms with E-state index >= 15 is 0 Å². The molecule has 1 saturated heterocycles. The second kappa shape index (κ2) is 11.7. The van der Waals surface area contributed by atoms with Crippen LogP contribution < -0.4 is 0 Å². The number of hydrogen-bond acceptors (Lipinski definition) is 2. The number of piperidine rings is 1. The lowest BCUT2D eigenvalue weighted by Gasteiger charge is -2.37. The van der Waals surface area contributed by atoms with Crippen LogP contribution >= 0.6 is 0 Å². The molecule has 3 nitrogen and oxygen atoms in total. The van der Waals surface area contributed by atoms with Gasteiger partial charge in [0.15, 0.2) is 0 Å². The lowest BCUT2D eigenvalue weighted by atomic mass is 9.77. The zero-order chi connectivity index (χ0) is 26.3. The SMILES string of the molecule is C(=C\C1CCN(Cc2ccccc2)CC1)/c1cn(C(c2ccccc2)(c2ccccc2)c2ccccc2)cn1. The van der Waals surface area contributed by atoms with Gasteiger partial charge < -0.3 is 4.57 Å². The predicted octanol–water partition coefficient (Wildman–Crippen LogP) is 7.65. The van der Waals surface area contributed by atoms with Crippen molar-refractivity contribution in [3.63, 3.8) is 0 Å². The molecule has 0 N–H and O–H groups in total. The molecule has 0 amide bonds. The molecule has 4 aromatic carbocycles. The van der Waals surface area contributed by atoms with Crippen LogP contribution in [-0.2, 0) is 12.1 Å². The summed E-state index contributed by atoms with van der Waals surface area (Å²) in [5, 5.41) is 0. The Morgan fingerprint density at radius 3 is 1.67 bits per heavy atom. The molecule has 3 heteroatoms. The molecule has 39 heavy (non-hydrogen) atoms. The normalized spacial score (nSPS) is 15.1. The van der Waals surface area contributed by atoms with Crippen LogP contribution in [0.3, 0.4) is 0 Å². The molecule has 0 radical (unpaired) electrons. The molecule has 5 aromatic rings. The Hall–Kier alpha value is -4.21. The van der Waals surface area contributed by atoms with Gasteiger partial charge >= 0.3 is 0 Å². The lowest BCUT2D eigenvalue weighted by molar-refractivity contribution is 0.196. The molecule has 0 unspecified atom stereocenters. The molecule has 0 atom stereocenters. The summed E-state index contributed by atoms with van der Waals surface area (Å²) in [5.74, 6) is 0.587. The Bertz CT molecular complexity index is 1370. The van der Waals surface area contributed by atoms with E-state index in [1.54, 1.807) is 0 Å². The van der Waals surface area contributed by atoms with Crippen LogP contribution in [0, 0.1) is 5.92 Å². The fourth-order valence-corrected chi connectivity index (χ4v) is 5.97. The van der Waals surface area contributed by atoms with E-state index in [1.807, 2.05) is 6.33 Å². The number of rotatable bonds is 8. The third-order valence-corrected chi connectivity index (χ3v) is 7.98. The molecular weight excluding hydrogens is 474 g/mol. The Balaban J connectivity index is 1.27. The highest BCUT2D eigenvalue weighted by Gasteiger charge is 2.38. The first-order chi connectivity index (χ1) is 19.3. The molecule has 0 bridgehead atoms. The van der Waals surface area contributed by atoms with E-state index in [0.29, 0.717) is 5.92 Å². The number of aromatic nitrogens is 2. The summed E-state index contributed by atoms with van der Waals surface area (Å²) in [6.07, 6.45) is 11.2. The molecule has 194 valence electrons. The van der Waals surface area contributed by atoms with E-state index in [4.69, 9.17) is 4.98 Å². The number of nitrogens with zero attached hydrogens (tertiary/aromatic N) is 3. The van der Waals surface area contributed by atoms with E-state index in [2.05, 4.69) is 149 Å². The summed E-state index contributed by atoms with van der Waals surface area (Å²) < 4.78 is 2.29. The second-order valence-corrected chi connectivity index (χ2v) is 10.5. The number of hydrogen-bond donors (Lipinski definition) is 0. The maximum atomic E-state index is 4.88. The van der Waals surface area contributed by atoms with Gasteiger partial charge in [-0.3, -0.25) is 4.90 Å². The third kappa shape index (κ3) is 5.36. The van der Waals surface area contributed by atoms with Crippen molar-refractivity contribution in [2.45, 2.75) is 24.9 Å². The van der Waals surface area contributed by atoms with Crippen molar-refractivity contribution in [2.75, 3.05) is 13.1 Å². The fraction of sp³-hybridized carbons (Fsp3) is 0.194. The van der Waals surface area contributed by atoms with Crippen LogP contribution in [0.25, 0.3) is 6.08 Å². The summed E-state index contributed by atoms with van der Waals surface area (Å²) in [5.41, 5.74) is 5.50. The van der Waals surface area contributed by atoms with Crippen molar-refractivity contribution in [1.29, 1.82) is 0 Å². The molecule has 2 heterocycles. The molecule has 0 spiro atoms. The van der Waals surface area contributed by atoms with Crippen LogP contribution in [0.1, 0.15) is 40.8 Å². The monoisotopic (exact) mass is 509 g/mol.